The molecule has 2 unspecified atom stereocenters. The van der Waals surface area contributed by atoms with Gasteiger partial charge in [0.2, 0.25) is 11.8 Å². The number of methoxy groups -OCH3 is 1. The molecule has 0 aromatic heterocycles. The highest BCUT2D eigenvalue weighted by molar-refractivity contribution is 5.98. The van der Waals surface area contributed by atoms with E-state index in [0.717, 1.165) is 0 Å². The van der Waals surface area contributed by atoms with E-state index in [4.69, 9.17) is 9.47 Å². The molecular weight excluding hydrogens is 374 g/mol. The molecule has 0 bridgehead atoms. The van der Waals surface area contributed by atoms with Crippen LogP contribution in [0.2, 0.25) is 0 Å². The fourth-order valence-electron chi connectivity index (χ4n) is 3.67. The summed E-state index contributed by atoms with van der Waals surface area (Å²) in [4.78, 5) is 39.5. The Kier molecular flexibility index (Phi) is 5.47. The standard InChI is InChI=1S/C21H29N3O5/c1-13(18(26)22-20(2,3)4)24-11-10-21(9-8-17(24)25)23-19(27)15-7-6-14(28-5)12-16(15)29-21/h6-7,12-13H,8-11H2,1-5H3,(H,22,26)(H,23,27). The molecular formula is C21H29N3O5. The fourth-order valence-corrected chi connectivity index (χ4v) is 3.67. The molecule has 2 heterocycles. The van der Waals surface area contributed by atoms with E-state index in [9.17, 15) is 14.4 Å². The third-order valence-corrected chi connectivity index (χ3v) is 5.24. The first kappa shape index (κ1) is 21.0. The van der Waals surface area contributed by atoms with Crippen LogP contribution < -0.4 is 20.1 Å². The van der Waals surface area contributed by atoms with Crippen LogP contribution in [0.25, 0.3) is 0 Å². The van der Waals surface area contributed by atoms with Gasteiger partial charge in [0.1, 0.15) is 17.5 Å². The van der Waals surface area contributed by atoms with Crippen molar-refractivity contribution in [3.8, 4) is 11.5 Å². The van der Waals surface area contributed by atoms with Crippen molar-refractivity contribution in [1.29, 1.82) is 0 Å². The minimum atomic E-state index is -0.985. The van der Waals surface area contributed by atoms with Crippen molar-refractivity contribution in [1.82, 2.24) is 15.5 Å². The number of nitrogens with one attached hydrogen (secondary N) is 2. The summed E-state index contributed by atoms with van der Waals surface area (Å²) in [5, 5.41) is 5.84. The number of hydrogen-bond acceptors (Lipinski definition) is 5. The molecule has 3 rings (SSSR count). The molecule has 29 heavy (non-hydrogen) atoms. The van der Waals surface area contributed by atoms with Crippen molar-refractivity contribution < 1.29 is 23.9 Å². The lowest BCUT2D eigenvalue weighted by Gasteiger charge is -2.38. The van der Waals surface area contributed by atoms with Crippen molar-refractivity contribution in [3.63, 3.8) is 0 Å². The van der Waals surface area contributed by atoms with Gasteiger partial charge in [0.05, 0.1) is 12.7 Å². The van der Waals surface area contributed by atoms with Gasteiger partial charge in [0, 0.05) is 37.4 Å². The zero-order valence-electron chi connectivity index (χ0n) is 17.6. The number of carbonyl (C=O) groups is 3. The SMILES string of the molecule is COc1ccc2c(c1)OC1(CCC(=O)N(C(C)C(=O)NC(C)(C)C)CC1)NC2=O. The number of ether oxygens (including phenoxy) is 2. The lowest BCUT2D eigenvalue weighted by Crippen LogP contribution is -2.57. The van der Waals surface area contributed by atoms with Crippen molar-refractivity contribution in [2.75, 3.05) is 13.7 Å². The lowest BCUT2D eigenvalue weighted by atomic mass is 10.00. The Labute approximate surface area is 170 Å². The first-order valence-corrected chi connectivity index (χ1v) is 9.85. The molecule has 0 saturated carbocycles. The summed E-state index contributed by atoms with van der Waals surface area (Å²) in [6.07, 6.45) is 0.888. The molecule has 8 heteroatoms. The Morgan fingerprint density at radius 1 is 1.31 bits per heavy atom. The predicted octanol–water partition coefficient (Wildman–Crippen LogP) is 1.83. The summed E-state index contributed by atoms with van der Waals surface area (Å²) >= 11 is 0. The molecule has 1 saturated heterocycles. The van der Waals surface area contributed by atoms with Gasteiger partial charge in [-0.3, -0.25) is 14.4 Å². The van der Waals surface area contributed by atoms with Gasteiger partial charge in [-0.1, -0.05) is 0 Å². The second-order valence-corrected chi connectivity index (χ2v) is 8.66. The minimum Gasteiger partial charge on any atom is -0.497 e. The number of benzene rings is 1. The Morgan fingerprint density at radius 3 is 2.69 bits per heavy atom. The summed E-state index contributed by atoms with van der Waals surface area (Å²) in [6, 6.07) is 4.43. The van der Waals surface area contributed by atoms with E-state index < -0.39 is 11.8 Å². The average molecular weight is 403 g/mol. The minimum absolute atomic E-state index is 0.132. The summed E-state index contributed by atoms with van der Waals surface area (Å²) < 4.78 is 11.4. The fraction of sp³-hybridized carbons (Fsp3) is 0.571. The smallest absolute Gasteiger partial charge is 0.258 e. The summed E-state index contributed by atoms with van der Waals surface area (Å²) in [6.45, 7) is 7.71. The maximum atomic E-state index is 12.7. The zero-order valence-corrected chi connectivity index (χ0v) is 17.6. The highest BCUT2D eigenvalue weighted by atomic mass is 16.5. The zero-order chi connectivity index (χ0) is 21.4. The lowest BCUT2D eigenvalue weighted by molar-refractivity contribution is -0.140. The molecule has 2 aliphatic rings. The van der Waals surface area contributed by atoms with Crippen molar-refractivity contribution in [2.24, 2.45) is 0 Å². The second kappa shape index (κ2) is 7.57. The van der Waals surface area contributed by atoms with E-state index >= 15 is 0 Å². The van der Waals surface area contributed by atoms with Crippen molar-refractivity contribution >= 4 is 17.7 Å². The molecule has 2 N–H and O–H groups in total. The van der Waals surface area contributed by atoms with Crippen LogP contribution in [-0.2, 0) is 9.59 Å². The molecule has 3 amide bonds. The quantitative estimate of drug-likeness (QED) is 0.803. The number of nitrogens with zero attached hydrogens (tertiary/aromatic N) is 1. The van der Waals surface area contributed by atoms with Crippen LogP contribution in [0.4, 0.5) is 0 Å². The van der Waals surface area contributed by atoms with Gasteiger partial charge in [-0.25, -0.2) is 0 Å². The topological polar surface area (TPSA) is 97.0 Å². The van der Waals surface area contributed by atoms with E-state index in [1.165, 1.54) is 0 Å². The number of hydrogen-bond donors (Lipinski definition) is 2. The molecule has 2 atom stereocenters. The summed E-state index contributed by atoms with van der Waals surface area (Å²) in [5.41, 5.74) is -0.937. The largest absolute Gasteiger partial charge is 0.497 e. The van der Waals surface area contributed by atoms with Gasteiger partial charge in [-0.15, -0.1) is 0 Å². The molecule has 158 valence electrons. The first-order valence-electron chi connectivity index (χ1n) is 9.85. The van der Waals surface area contributed by atoms with Crippen LogP contribution in [0.5, 0.6) is 11.5 Å². The van der Waals surface area contributed by atoms with Crippen molar-refractivity contribution in [2.45, 2.75) is 64.3 Å². The van der Waals surface area contributed by atoms with Gasteiger partial charge in [-0.2, -0.15) is 0 Å². The molecule has 1 aromatic carbocycles. The van der Waals surface area contributed by atoms with E-state index in [1.54, 1.807) is 37.1 Å². The third-order valence-electron chi connectivity index (χ3n) is 5.24. The normalized spacial score (nSPS) is 22.9. The van der Waals surface area contributed by atoms with E-state index in [0.29, 0.717) is 36.4 Å². The van der Waals surface area contributed by atoms with E-state index in [2.05, 4.69) is 10.6 Å². The van der Waals surface area contributed by atoms with Crippen LogP contribution >= 0.6 is 0 Å². The Morgan fingerprint density at radius 2 is 2.03 bits per heavy atom. The molecule has 1 spiro atoms. The van der Waals surface area contributed by atoms with Crippen LogP contribution in [0.1, 0.15) is 57.3 Å². The number of amides is 3. The molecule has 1 aromatic rings. The Hall–Kier alpha value is -2.77. The first-order chi connectivity index (χ1) is 13.5. The van der Waals surface area contributed by atoms with Crippen LogP contribution in [0.15, 0.2) is 18.2 Å². The van der Waals surface area contributed by atoms with Gasteiger partial charge in [0.25, 0.3) is 5.91 Å². The molecule has 8 nitrogen and oxygen atoms in total. The van der Waals surface area contributed by atoms with Crippen LogP contribution in [0, 0.1) is 0 Å². The van der Waals surface area contributed by atoms with Crippen LogP contribution in [-0.4, -0.2) is 53.6 Å². The highest BCUT2D eigenvalue weighted by Crippen LogP contribution is 2.36. The monoisotopic (exact) mass is 403 g/mol. The summed E-state index contributed by atoms with van der Waals surface area (Å²) in [5.74, 6) is 0.450. The molecule has 1 fully saturated rings. The molecule has 0 aliphatic carbocycles. The van der Waals surface area contributed by atoms with Crippen LogP contribution in [0.3, 0.4) is 0 Å². The van der Waals surface area contributed by atoms with Gasteiger partial charge in [-0.05, 0) is 39.8 Å². The number of rotatable bonds is 3. The maximum Gasteiger partial charge on any atom is 0.258 e. The van der Waals surface area contributed by atoms with Gasteiger partial charge >= 0.3 is 0 Å². The Balaban J connectivity index is 1.78. The van der Waals surface area contributed by atoms with Crippen molar-refractivity contribution in [3.05, 3.63) is 23.8 Å². The molecule has 0 radical (unpaired) electrons. The second-order valence-electron chi connectivity index (χ2n) is 8.66. The van der Waals surface area contributed by atoms with Gasteiger partial charge in [0.15, 0.2) is 5.72 Å². The number of likely N-dealkylation sites (tertiary alicyclic amines) is 1. The molecule has 2 aliphatic heterocycles. The number of carbonyl (C=O) groups excluding carboxylic acids is 3. The predicted molar refractivity (Wildman–Crippen MR) is 107 cm³/mol. The van der Waals surface area contributed by atoms with Gasteiger partial charge < -0.3 is 25.0 Å². The average Bonchev–Trinajstić information content (AvgIpc) is 2.78. The summed E-state index contributed by atoms with van der Waals surface area (Å²) in [7, 11) is 1.55. The Bertz CT molecular complexity index is 832. The highest BCUT2D eigenvalue weighted by Gasteiger charge is 2.44. The van der Waals surface area contributed by atoms with E-state index in [-0.39, 0.29) is 29.7 Å². The third kappa shape index (κ3) is 4.46. The van der Waals surface area contributed by atoms with E-state index in [1.807, 2.05) is 20.8 Å². The number of fused-ring (bicyclic) bond motifs is 1. The maximum absolute atomic E-state index is 12.7.